The predicted octanol–water partition coefficient (Wildman–Crippen LogP) is -0.346. The molecule has 1 unspecified atom stereocenters. The van der Waals surface area contributed by atoms with Crippen LogP contribution < -0.4 is 25.8 Å². The zero-order chi connectivity index (χ0) is 15.7. The van der Waals surface area contributed by atoms with E-state index in [4.69, 9.17) is 15.2 Å². The Balaban J connectivity index is 2.28. The summed E-state index contributed by atoms with van der Waals surface area (Å²) in [6, 6.07) is 7.17. The number of carbonyl (C=O) groups is 2. The van der Waals surface area contributed by atoms with E-state index < -0.39 is 0 Å². The summed E-state index contributed by atoms with van der Waals surface area (Å²) in [5, 5.41) is 5.05. The molecule has 0 aromatic heterocycles. The molecule has 7 heteroatoms. The highest BCUT2D eigenvalue weighted by atomic mass is 16.5. The van der Waals surface area contributed by atoms with Gasteiger partial charge in [-0.2, -0.15) is 0 Å². The molecule has 4 N–H and O–H groups in total. The first-order chi connectivity index (χ1) is 10.0. The van der Waals surface area contributed by atoms with Gasteiger partial charge in [0.15, 0.2) is 0 Å². The van der Waals surface area contributed by atoms with Crippen molar-refractivity contribution in [1.29, 1.82) is 0 Å². The van der Waals surface area contributed by atoms with Gasteiger partial charge in [-0.1, -0.05) is 0 Å². The van der Waals surface area contributed by atoms with E-state index in [1.54, 1.807) is 31.4 Å². The third kappa shape index (κ3) is 6.62. The molecule has 1 rings (SSSR count). The molecule has 116 valence electrons. The van der Waals surface area contributed by atoms with Crippen molar-refractivity contribution in [2.45, 2.75) is 13.0 Å². The first-order valence-corrected chi connectivity index (χ1v) is 6.59. The minimum absolute atomic E-state index is 0.0920. The summed E-state index contributed by atoms with van der Waals surface area (Å²) in [7, 11) is 1.59. The van der Waals surface area contributed by atoms with Crippen LogP contribution in [-0.4, -0.2) is 44.7 Å². The van der Waals surface area contributed by atoms with Gasteiger partial charge in [0.05, 0.1) is 26.7 Å². The number of methoxy groups -OCH3 is 1. The molecule has 0 saturated carbocycles. The monoisotopic (exact) mass is 295 g/mol. The maximum Gasteiger partial charge on any atom is 0.239 e. The number of nitrogens with one attached hydrogen (secondary N) is 2. The minimum Gasteiger partial charge on any atom is -0.497 e. The molecule has 0 saturated heterocycles. The molecule has 0 aliphatic rings. The first kappa shape index (κ1) is 16.8. The third-order valence-corrected chi connectivity index (χ3v) is 2.61. The van der Waals surface area contributed by atoms with E-state index >= 15 is 0 Å². The van der Waals surface area contributed by atoms with E-state index in [0.717, 1.165) is 5.75 Å². The highest BCUT2D eigenvalue weighted by molar-refractivity contribution is 5.85. The Morgan fingerprint density at radius 3 is 2.33 bits per heavy atom. The van der Waals surface area contributed by atoms with Crippen LogP contribution in [0.4, 0.5) is 0 Å². The molecule has 0 aliphatic carbocycles. The fraction of sp³-hybridized carbons (Fsp3) is 0.429. The zero-order valence-electron chi connectivity index (χ0n) is 12.2. The molecule has 21 heavy (non-hydrogen) atoms. The van der Waals surface area contributed by atoms with E-state index in [0.29, 0.717) is 12.3 Å². The Bertz CT molecular complexity index is 462. The summed E-state index contributed by atoms with van der Waals surface area (Å²) in [5.74, 6) is 0.780. The summed E-state index contributed by atoms with van der Waals surface area (Å²) in [5.41, 5.74) is 5.11. The van der Waals surface area contributed by atoms with Gasteiger partial charge in [-0.3, -0.25) is 9.59 Å². The van der Waals surface area contributed by atoms with Crippen LogP contribution in [0.2, 0.25) is 0 Å². The van der Waals surface area contributed by atoms with Crippen LogP contribution in [0, 0.1) is 0 Å². The predicted molar refractivity (Wildman–Crippen MR) is 78.2 cm³/mol. The highest BCUT2D eigenvalue weighted by Crippen LogP contribution is 2.17. The lowest BCUT2D eigenvalue weighted by Gasteiger charge is -2.15. The van der Waals surface area contributed by atoms with Crippen LogP contribution in [0.15, 0.2) is 24.3 Å². The standard InChI is InChI=1S/C14H21N3O4/c1-10(8-16-14(19)9-17-13(18)7-15)21-12-5-3-11(20-2)4-6-12/h3-6,10H,7-9,15H2,1-2H3,(H,16,19)(H,17,18). The van der Waals surface area contributed by atoms with Gasteiger partial charge in [-0.15, -0.1) is 0 Å². The van der Waals surface area contributed by atoms with Crippen LogP contribution in [0.1, 0.15) is 6.92 Å². The molecule has 1 aromatic rings. The van der Waals surface area contributed by atoms with Crippen molar-refractivity contribution >= 4 is 11.8 Å². The van der Waals surface area contributed by atoms with Gasteiger partial charge in [-0.05, 0) is 31.2 Å². The summed E-state index contributed by atoms with van der Waals surface area (Å²) >= 11 is 0. The molecule has 1 aromatic carbocycles. The van der Waals surface area contributed by atoms with E-state index in [9.17, 15) is 9.59 Å². The second-order valence-electron chi connectivity index (χ2n) is 4.39. The van der Waals surface area contributed by atoms with Gasteiger partial charge >= 0.3 is 0 Å². The molecule has 2 amide bonds. The van der Waals surface area contributed by atoms with Gasteiger partial charge in [0, 0.05) is 0 Å². The second kappa shape index (κ2) is 8.80. The third-order valence-electron chi connectivity index (χ3n) is 2.61. The van der Waals surface area contributed by atoms with Crippen molar-refractivity contribution in [3.05, 3.63) is 24.3 Å². The summed E-state index contributed by atoms with van der Waals surface area (Å²) in [4.78, 5) is 22.4. The molecule has 0 bridgehead atoms. The molecule has 0 aliphatic heterocycles. The van der Waals surface area contributed by atoms with Crippen molar-refractivity contribution in [3.8, 4) is 11.5 Å². The van der Waals surface area contributed by atoms with Gasteiger partial charge in [0.1, 0.15) is 17.6 Å². The number of hydrogen-bond acceptors (Lipinski definition) is 5. The van der Waals surface area contributed by atoms with Crippen LogP contribution in [-0.2, 0) is 9.59 Å². The van der Waals surface area contributed by atoms with E-state index in [1.807, 2.05) is 6.92 Å². The Morgan fingerprint density at radius 2 is 1.76 bits per heavy atom. The van der Waals surface area contributed by atoms with Crippen LogP contribution in [0.5, 0.6) is 11.5 Å². The number of hydrogen-bond donors (Lipinski definition) is 3. The van der Waals surface area contributed by atoms with E-state index in [2.05, 4.69) is 10.6 Å². The Morgan fingerprint density at radius 1 is 1.14 bits per heavy atom. The second-order valence-corrected chi connectivity index (χ2v) is 4.39. The first-order valence-electron chi connectivity index (χ1n) is 6.59. The van der Waals surface area contributed by atoms with Crippen molar-refractivity contribution in [2.24, 2.45) is 5.73 Å². The molecule has 1 atom stereocenters. The summed E-state index contributed by atoms with van der Waals surface area (Å²) < 4.78 is 10.7. The minimum atomic E-state index is -0.368. The number of ether oxygens (including phenoxy) is 2. The fourth-order valence-electron chi connectivity index (χ4n) is 1.50. The number of amides is 2. The quantitative estimate of drug-likeness (QED) is 0.608. The van der Waals surface area contributed by atoms with Gasteiger partial charge in [-0.25, -0.2) is 0 Å². The zero-order valence-corrected chi connectivity index (χ0v) is 12.2. The Hall–Kier alpha value is -2.28. The Kier molecular flexibility index (Phi) is 7.03. The van der Waals surface area contributed by atoms with Crippen LogP contribution >= 0.6 is 0 Å². The molecule has 7 nitrogen and oxygen atoms in total. The lowest BCUT2D eigenvalue weighted by Crippen LogP contribution is -2.42. The average Bonchev–Trinajstić information content (AvgIpc) is 2.51. The maximum atomic E-state index is 11.5. The van der Waals surface area contributed by atoms with Gasteiger partial charge in [0.2, 0.25) is 11.8 Å². The normalized spacial score (nSPS) is 11.4. The largest absolute Gasteiger partial charge is 0.497 e. The SMILES string of the molecule is COc1ccc(OC(C)CNC(=O)CNC(=O)CN)cc1. The number of benzene rings is 1. The average molecular weight is 295 g/mol. The lowest BCUT2D eigenvalue weighted by atomic mass is 10.3. The topological polar surface area (TPSA) is 103 Å². The van der Waals surface area contributed by atoms with Gasteiger partial charge < -0.3 is 25.8 Å². The van der Waals surface area contributed by atoms with E-state index in [1.165, 1.54) is 0 Å². The van der Waals surface area contributed by atoms with Crippen molar-refractivity contribution in [2.75, 3.05) is 26.7 Å². The molecule has 0 radical (unpaired) electrons. The molecule has 0 fully saturated rings. The fourth-order valence-corrected chi connectivity index (χ4v) is 1.50. The van der Waals surface area contributed by atoms with Crippen molar-refractivity contribution in [1.82, 2.24) is 10.6 Å². The molecule has 0 heterocycles. The van der Waals surface area contributed by atoms with Crippen molar-refractivity contribution < 1.29 is 19.1 Å². The van der Waals surface area contributed by atoms with Gasteiger partial charge in [0.25, 0.3) is 0 Å². The highest BCUT2D eigenvalue weighted by Gasteiger charge is 2.08. The lowest BCUT2D eigenvalue weighted by molar-refractivity contribution is -0.125. The smallest absolute Gasteiger partial charge is 0.239 e. The number of carbonyl (C=O) groups excluding carboxylic acids is 2. The maximum absolute atomic E-state index is 11.5. The number of rotatable bonds is 8. The summed E-state index contributed by atoms with van der Waals surface area (Å²) in [6.45, 7) is 1.95. The molecule has 0 spiro atoms. The Labute approximate surface area is 123 Å². The van der Waals surface area contributed by atoms with Crippen LogP contribution in [0.25, 0.3) is 0 Å². The van der Waals surface area contributed by atoms with E-state index in [-0.39, 0.29) is 31.0 Å². The van der Waals surface area contributed by atoms with Crippen molar-refractivity contribution in [3.63, 3.8) is 0 Å². The molecular weight excluding hydrogens is 274 g/mol. The summed E-state index contributed by atoms with van der Waals surface area (Å²) in [6.07, 6.45) is -0.201. The number of nitrogens with two attached hydrogens (primary N) is 1. The molecular formula is C14H21N3O4. The van der Waals surface area contributed by atoms with Crippen LogP contribution in [0.3, 0.4) is 0 Å².